The van der Waals surface area contributed by atoms with Crippen molar-refractivity contribution >= 4 is 46.2 Å². The highest BCUT2D eigenvalue weighted by atomic mass is 35.5. The van der Waals surface area contributed by atoms with E-state index in [-0.39, 0.29) is 5.91 Å². The number of nitrogens with one attached hydrogen (secondary N) is 2. The van der Waals surface area contributed by atoms with Crippen molar-refractivity contribution in [2.45, 2.75) is 18.8 Å². The van der Waals surface area contributed by atoms with Gasteiger partial charge in [-0.15, -0.1) is 0 Å². The van der Waals surface area contributed by atoms with E-state index >= 15 is 0 Å². The minimum atomic E-state index is -1.000. The molecular formula is C34H33ClN4O4. The van der Waals surface area contributed by atoms with Crippen molar-refractivity contribution in [2.75, 3.05) is 48.9 Å². The van der Waals surface area contributed by atoms with Crippen LogP contribution < -0.4 is 26.0 Å². The normalized spacial score (nSPS) is 15.7. The lowest BCUT2D eigenvalue weighted by molar-refractivity contribution is -0.123. The van der Waals surface area contributed by atoms with Crippen molar-refractivity contribution in [1.29, 1.82) is 0 Å². The first kappa shape index (κ1) is 28.6. The van der Waals surface area contributed by atoms with Crippen LogP contribution in [0.15, 0.2) is 78.9 Å². The molecule has 2 heterocycles. The molecule has 9 heteroatoms. The van der Waals surface area contributed by atoms with Gasteiger partial charge in [-0.2, -0.15) is 0 Å². The summed E-state index contributed by atoms with van der Waals surface area (Å²) in [4.78, 5) is 28.5. The SMILES string of the molecule is COc1cc(-c2ccc3c(c2)Nc2ccc(C(C)(Cc4ccc(N5CCOCC5)cc4)C(N)=O)cc2NC3=O)ccc1Cl. The average Bonchev–Trinajstić information content (AvgIpc) is 3.16. The number of hydrogen-bond acceptors (Lipinski definition) is 6. The van der Waals surface area contributed by atoms with Crippen molar-refractivity contribution in [3.05, 3.63) is 101 Å². The number of carbonyl (C=O) groups is 2. The molecule has 0 aromatic heterocycles. The van der Waals surface area contributed by atoms with Crippen LogP contribution in [0.2, 0.25) is 5.02 Å². The Morgan fingerprint density at radius 2 is 1.65 bits per heavy atom. The topological polar surface area (TPSA) is 106 Å². The molecular weight excluding hydrogens is 564 g/mol. The maximum Gasteiger partial charge on any atom is 0.257 e. The molecule has 2 aliphatic rings. The van der Waals surface area contributed by atoms with E-state index in [0.717, 1.165) is 54.2 Å². The van der Waals surface area contributed by atoms with Gasteiger partial charge in [0.25, 0.3) is 5.91 Å². The zero-order valence-electron chi connectivity index (χ0n) is 24.1. The second-order valence-electron chi connectivity index (χ2n) is 11.1. The zero-order valence-corrected chi connectivity index (χ0v) is 24.8. The van der Waals surface area contributed by atoms with Crippen LogP contribution in [0.1, 0.15) is 28.4 Å². The Bertz CT molecular complexity index is 1700. The van der Waals surface area contributed by atoms with Gasteiger partial charge in [0.2, 0.25) is 5.91 Å². The van der Waals surface area contributed by atoms with Crippen LogP contribution in [0.5, 0.6) is 5.75 Å². The molecule has 0 saturated carbocycles. The number of nitrogens with zero attached hydrogens (tertiary/aromatic N) is 1. The fraction of sp³-hybridized carbons (Fsp3) is 0.235. The molecule has 6 rings (SSSR count). The van der Waals surface area contributed by atoms with Crippen LogP contribution in [-0.4, -0.2) is 45.2 Å². The van der Waals surface area contributed by atoms with Crippen molar-refractivity contribution in [2.24, 2.45) is 5.73 Å². The molecule has 1 unspecified atom stereocenters. The van der Waals surface area contributed by atoms with E-state index in [1.54, 1.807) is 19.2 Å². The summed E-state index contributed by atoms with van der Waals surface area (Å²) in [6.45, 7) is 4.99. The zero-order chi connectivity index (χ0) is 30.1. The third-order valence-corrected chi connectivity index (χ3v) is 8.65. The smallest absolute Gasteiger partial charge is 0.257 e. The molecule has 0 bridgehead atoms. The van der Waals surface area contributed by atoms with Gasteiger partial charge in [-0.1, -0.05) is 41.9 Å². The number of primary amides is 1. The summed E-state index contributed by atoms with van der Waals surface area (Å²) in [6.07, 6.45) is 0.417. The van der Waals surface area contributed by atoms with Crippen molar-refractivity contribution < 1.29 is 19.1 Å². The molecule has 220 valence electrons. The number of nitrogens with two attached hydrogens (primary N) is 1. The second-order valence-corrected chi connectivity index (χ2v) is 11.5. The molecule has 0 aliphatic carbocycles. The standard InChI is InChI=1S/C34H33ClN4O4/c1-34(33(36)41,20-21-3-8-25(9-4-21)39-13-15-43-16-14-39)24-7-12-28-30(19-24)38-32(40)26-10-5-22(17-29(26)37-28)23-6-11-27(35)31(18-23)42-2/h3-12,17-19,37H,13-16,20H2,1-2H3,(H2,36,41)(H,38,40). The summed E-state index contributed by atoms with van der Waals surface area (Å²) in [5.41, 5.74) is 12.1. The van der Waals surface area contributed by atoms with Gasteiger partial charge in [-0.05, 0) is 84.1 Å². The number of ether oxygens (including phenoxy) is 2. The molecule has 4 aromatic carbocycles. The van der Waals surface area contributed by atoms with E-state index in [2.05, 4.69) is 27.7 Å². The summed E-state index contributed by atoms with van der Waals surface area (Å²) < 4.78 is 10.8. The summed E-state index contributed by atoms with van der Waals surface area (Å²) in [5.74, 6) is -0.120. The van der Waals surface area contributed by atoms with E-state index in [1.165, 1.54) is 0 Å². The number of benzene rings is 4. The number of halogens is 1. The highest BCUT2D eigenvalue weighted by molar-refractivity contribution is 6.32. The van der Waals surface area contributed by atoms with Crippen molar-refractivity contribution in [3.8, 4) is 16.9 Å². The number of fused-ring (bicyclic) bond motifs is 2. The molecule has 8 nitrogen and oxygen atoms in total. The Hall–Kier alpha value is -4.53. The van der Waals surface area contributed by atoms with Gasteiger partial charge < -0.3 is 30.7 Å². The Labute approximate surface area is 255 Å². The monoisotopic (exact) mass is 596 g/mol. The van der Waals surface area contributed by atoms with Gasteiger partial charge in [-0.3, -0.25) is 9.59 Å². The van der Waals surface area contributed by atoms with Gasteiger partial charge in [0.05, 0.1) is 53.4 Å². The summed E-state index contributed by atoms with van der Waals surface area (Å²) >= 11 is 6.22. The van der Waals surface area contributed by atoms with Gasteiger partial charge in [0, 0.05) is 18.8 Å². The van der Waals surface area contributed by atoms with Crippen LogP contribution in [0.25, 0.3) is 11.1 Å². The van der Waals surface area contributed by atoms with Gasteiger partial charge in [0.15, 0.2) is 0 Å². The molecule has 2 aliphatic heterocycles. The van der Waals surface area contributed by atoms with Crippen LogP contribution in [0.4, 0.5) is 22.7 Å². The number of amides is 2. The summed E-state index contributed by atoms with van der Waals surface area (Å²) in [5, 5.41) is 6.95. The number of carbonyl (C=O) groups excluding carboxylic acids is 2. The molecule has 1 saturated heterocycles. The van der Waals surface area contributed by atoms with Crippen LogP contribution in [0.3, 0.4) is 0 Å². The third-order valence-electron chi connectivity index (χ3n) is 8.34. The van der Waals surface area contributed by atoms with E-state index in [0.29, 0.717) is 39.8 Å². The lowest BCUT2D eigenvalue weighted by Gasteiger charge is -2.30. The van der Waals surface area contributed by atoms with E-state index < -0.39 is 11.3 Å². The van der Waals surface area contributed by atoms with Crippen molar-refractivity contribution in [1.82, 2.24) is 0 Å². The largest absolute Gasteiger partial charge is 0.495 e. The minimum absolute atomic E-state index is 0.252. The number of morpholine rings is 1. The number of methoxy groups -OCH3 is 1. The number of rotatable bonds is 7. The Kier molecular flexibility index (Phi) is 7.73. The van der Waals surface area contributed by atoms with E-state index in [9.17, 15) is 9.59 Å². The second kappa shape index (κ2) is 11.6. The Morgan fingerprint density at radius 3 is 2.37 bits per heavy atom. The maximum atomic E-state index is 13.3. The van der Waals surface area contributed by atoms with Crippen LogP contribution >= 0.6 is 11.6 Å². The quantitative estimate of drug-likeness (QED) is 0.236. The molecule has 43 heavy (non-hydrogen) atoms. The van der Waals surface area contributed by atoms with Crippen LogP contribution in [0, 0.1) is 0 Å². The number of hydrogen-bond donors (Lipinski definition) is 3. The van der Waals surface area contributed by atoms with Crippen LogP contribution in [-0.2, 0) is 21.4 Å². The van der Waals surface area contributed by atoms with Crippen molar-refractivity contribution in [3.63, 3.8) is 0 Å². The maximum absolute atomic E-state index is 13.3. The first-order chi connectivity index (χ1) is 20.7. The molecule has 4 aromatic rings. The third kappa shape index (κ3) is 5.63. The van der Waals surface area contributed by atoms with E-state index in [1.807, 2.05) is 61.5 Å². The minimum Gasteiger partial charge on any atom is -0.495 e. The predicted molar refractivity (Wildman–Crippen MR) is 171 cm³/mol. The lowest BCUT2D eigenvalue weighted by atomic mass is 9.76. The first-order valence-corrected chi connectivity index (χ1v) is 14.6. The highest BCUT2D eigenvalue weighted by Gasteiger charge is 2.35. The molecule has 0 radical (unpaired) electrons. The summed E-state index contributed by atoms with van der Waals surface area (Å²) in [6, 6.07) is 25.0. The highest BCUT2D eigenvalue weighted by Crippen LogP contribution is 2.39. The Morgan fingerprint density at radius 1 is 0.930 bits per heavy atom. The first-order valence-electron chi connectivity index (χ1n) is 14.2. The lowest BCUT2D eigenvalue weighted by Crippen LogP contribution is -2.40. The molecule has 2 amide bonds. The summed E-state index contributed by atoms with van der Waals surface area (Å²) in [7, 11) is 1.57. The predicted octanol–water partition coefficient (Wildman–Crippen LogP) is 6.15. The molecule has 1 atom stereocenters. The average molecular weight is 597 g/mol. The molecule has 0 spiro atoms. The van der Waals surface area contributed by atoms with E-state index in [4.69, 9.17) is 26.8 Å². The van der Waals surface area contributed by atoms with Gasteiger partial charge >= 0.3 is 0 Å². The number of anilines is 4. The molecule has 4 N–H and O–H groups in total. The molecule has 1 fully saturated rings. The fourth-order valence-corrected chi connectivity index (χ4v) is 5.88. The van der Waals surface area contributed by atoms with Gasteiger partial charge in [-0.25, -0.2) is 0 Å². The Balaban J connectivity index is 1.28. The van der Waals surface area contributed by atoms with Gasteiger partial charge in [0.1, 0.15) is 5.75 Å². The fourth-order valence-electron chi connectivity index (χ4n) is 5.69.